The molecule has 0 atom stereocenters. The first-order chi connectivity index (χ1) is 30.2. The number of hydrogen-bond donors (Lipinski definition) is 1. The normalized spacial score (nSPS) is 12.3. The fourth-order valence-electron chi connectivity index (χ4n) is 9.29. The van der Waals surface area contributed by atoms with E-state index in [0.717, 1.165) is 28.8 Å². The third kappa shape index (κ3) is 6.46. The van der Waals surface area contributed by atoms with Crippen LogP contribution in [0.1, 0.15) is 16.7 Å². The van der Waals surface area contributed by atoms with Crippen molar-refractivity contribution in [1.82, 2.24) is 4.57 Å². The number of rotatable bonds is 8. The first kappa shape index (κ1) is 36.2. The SMILES string of the molecule is N/C(=C\C(=C/Cc1ccc(-c2cc3c4ccccc4c4c(c5ccccc5n4-c4ccccc4)c3c3ccccc23)cc1)c1ccccc1)c1ccc(-c2ccccc2)cc1. The Labute approximate surface area is 355 Å². The molecule has 0 unspecified atom stereocenters. The number of nitrogens with zero attached hydrogens (tertiary/aromatic N) is 1. The molecule has 0 spiro atoms. The van der Waals surface area contributed by atoms with Gasteiger partial charge in [-0.2, -0.15) is 0 Å². The van der Waals surface area contributed by atoms with Gasteiger partial charge < -0.3 is 10.3 Å². The highest BCUT2D eigenvalue weighted by Crippen LogP contribution is 2.47. The molecule has 0 radical (unpaired) electrons. The maximum Gasteiger partial charge on any atom is 0.0626 e. The van der Waals surface area contributed by atoms with E-state index in [0.29, 0.717) is 0 Å². The Bertz CT molecular complexity index is 3450. The van der Waals surface area contributed by atoms with E-state index < -0.39 is 0 Å². The van der Waals surface area contributed by atoms with Gasteiger partial charge in [-0.15, -0.1) is 0 Å². The second kappa shape index (κ2) is 15.3. The molecule has 0 amide bonds. The van der Waals surface area contributed by atoms with Gasteiger partial charge in [-0.25, -0.2) is 0 Å². The van der Waals surface area contributed by atoms with E-state index in [-0.39, 0.29) is 0 Å². The van der Waals surface area contributed by atoms with Gasteiger partial charge in [0.1, 0.15) is 0 Å². The molecule has 0 saturated heterocycles. The van der Waals surface area contributed by atoms with Gasteiger partial charge in [-0.1, -0.05) is 200 Å². The highest BCUT2D eigenvalue weighted by molar-refractivity contribution is 6.38. The molecule has 288 valence electrons. The second-order valence-electron chi connectivity index (χ2n) is 15.8. The number of benzene rings is 10. The molecule has 0 aliphatic carbocycles. The molecule has 61 heavy (non-hydrogen) atoms. The quantitative estimate of drug-likeness (QED) is 0.121. The average Bonchev–Trinajstić information content (AvgIpc) is 3.69. The number of para-hydroxylation sites is 2. The number of allylic oxidation sites excluding steroid dienone is 3. The lowest BCUT2D eigenvalue weighted by Crippen LogP contribution is -1.97. The molecule has 10 aromatic carbocycles. The Morgan fingerprint density at radius 3 is 1.70 bits per heavy atom. The van der Waals surface area contributed by atoms with E-state index in [4.69, 9.17) is 5.73 Å². The maximum absolute atomic E-state index is 6.80. The molecule has 0 fully saturated rings. The smallest absolute Gasteiger partial charge is 0.0626 e. The largest absolute Gasteiger partial charge is 0.398 e. The molecule has 1 heterocycles. The van der Waals surface area contributed by atoms with Crippen LogP contribution in [0.15, 0.2) is 231 Å². The zero-order valence-electron chi connectivity index (χ0n) is 33.7. The van der Waals surface area contributed by atoms with E-state index >= 15 is 0 Å². The summed E-state index contributed by atoms with van der Waals surface area (Å²) in [4.78, 5) is 0. The van der Waals surface area contributed by atoms with Crippen molar-refractivity contribution in [3.8, 4) is 27.9 Å². The minimum absolute atomic E-state index is 0.739. The van der Waals surface area contributed by atoms with Crippen LogP contribution in [0.3, 0.4) is 0 Å². The molecule has 2 heteroatoms. The van der Waals surface area contributed by atoms with Gasteiger partial charge in [0.05, 0.1) is 11.0 Å². The third-order valence-electron chi connectivity index (χ3n) is 12.2. The van der Waals surface area contributed by atoms with Crippen LogP contribution in [0.2, 0.25) is 0 Å². The predicted molar refractivity (Wildman–Crippen MR) is 261 cm³/mol. The minimum Gasteiger partial charge on any atom is -0.398 e. The first-order valence-corrected chi connectivity index (χ1v) is 21.0. The van der Waals surface area contributed by atoms with Crippen LogP contribution < -0.4 is 5.73 Å². The fourth-order valence-corrected chi connectivity index (χ4v) is 9.29. The zero-order chi connectivity index (χ0) is 40.7. The number of hydrogen-bond acceptors (Lipinski definition) is 1. The molecular formula is C59H42N2. The molecule has 2 N–H and O–H groups in total. The van der Waals surface area contributed by atoms with Gasteiger partial charge in [-0.05, 0) is 103 Å². The van der Waals surface area contributed by atoms with Crippen molar-refractivity contribution in [2.45, 2.75) is 6.42 Å². The Morgan fingerprint density at radius 1 is 0.426 bits per heavy atom. The lowest BCUT2D eigenvalue weighted by molar-refractivity contribution is 1.19. The van der Waals surface area contributed by atoms with E-state index in [9.17, 15) is 0 Å². The predicted octanol–water partition coefficient (Wildman–Crippen LogP) is 15.2. The average molecular weight is 779 g/mol. The van der Waals surface area contributed by atoms with Gasteiger partial charge in [0.2, 0.25) is 0 Å². The lowest BCUT2D eigenvalue weighted by atomic mass is 9.88. The Hall–Kier alpha value is -7.94. The van der Waals surface area contributed by atoms with Crippen LogP contribution in [0, 0.1) is 0 Å². The molecule has 0 saturated carbocycles. The van der Waals surface area contributed by atoms with Crippen LogP contribution in [0.4, 0.5) is 0 Å². The summed E-state index contributed by atoms with van der Waals surface area (Å²) in [6, 6.07) is 78.6. The van der Waals surface area contributed by atoms with E-state index in [1.807, 2.05) is 6.07 Å². The lowest BCUT2D eigenvalue weighted by Gasteiger charge is -2.16. The van der Waals surface area contributed by atoms with Crippen molar-refractivity contribution in [3.05, 3.63) is 247 Å². The molecule has 0 bridgehead atoms. The van der Waals surface area contributed by atoms with Crippen LogP contribution in [-0.2, 0) is 6.42 Å². The molecule has 0 aliphatic rings. The molecule has 1 aromatic heterocycles. The second-order valence-corrected chi connectivity index (χ2v) is 15.8. The number of aromatic nitrogens is 1. The highest BCUT2D eigenvalue weighted by Gasteiger charge is 2.21. The molecule has 11 rings (SSSR count). The first-order valence-electron chi connectivity index (χ1n) is 21.0. The van der Waals surface area contributed by atoms with Crippen LogP contribution in [-0.4, -0.2) is 4.57 Å². The van der Waals surface area contributed by atoms with E-state index in [1.54, 1.807) is 0 Å². The topological polar surface area (TPSA) is 30.9 Å². The van der Waals surface area contributed by atoms with E-state index in [1.165, 1.54) is 87.6 Å². The van der Waals surface area contributed by atoms with Gasteiger partial charge in [0, 0.05) is 32.9 Å². The van der Waals surface area contributed by atoms with E-state index in [2.05, 4.69) is 229 Å². The van der Waals surface area contributed by atoms with Gasteiger partial charge in [0.25, 0.3) is 0 Å². The van der Waals surface area contributed by atoms with Gasteiger partial charge in [-0.3, -0.25) is 0 Å². The van der Waals surface area contributed by atoms with Crippen molar-refractivity contribution in [3.63, 3.8) is 0 Å². The summed E-state index contributed by atoms with van der Waals surface area (Å²) in [5, 5.41) is 10.2. The van der Waals surface area contributed by atoms with Crippen molar-refractivity contribution in [2.75, 3.05) is 0 Å². The minimum atomic E-state index is 0.739. The molecule has 2 nitrogen and oxygen atoms in total. The Kier molecular flexibility index (Phi) is 9.09. The van der Waals surface area contributed by atoms with Crippen LogP contribution in [0.25, 0.3) is 93.3 Å². The monoisotopic (exact) mass is 778 g/mol. The van der Waals surface area contributed by atoms with Crippen molar-refractivity contribution in [1.29, 1.82) is 0 Å². The van der Waals surface area contributed by atoms with Crippen molar-refractivity contribution >= 4 is 65.4 Å². The molecule has 11 aromatic rings. The van der Waals surface area contributed by atoms with Crippen LogP contribution in [0.5, 0.6) is 0 Å². The highest BCUT2D eigenvalue weighted by atomic mass is 15.0. The standard InChI is InChI=1S/C59H42N2/c60-55(45-36-34-43(35-37-45)41-16-4-1-5-17-41)38-46(42-18-6-2-7-19-42)33-30-40-28-31-44(32-29-40)53-39-54-49-23-11-13-25-51(49)59-58(57(54)50-24-12-10-22-48(50)53)52-26-14-15-27-56(52)61(59)47-20-8-3-9-21-47/h1-29,31-39H,30,60H2/b46-33+,55-38-. The summed E-state index contributed by atoms with van der Waals surface area (Å²) in [5.41, 5.74) is 20.5. The Balaban J connectivity index is 1.00. The zero-order valence-corrected chi connectivity index (χ0v) is 33.7. The Morgan fingerprint density at radius 2 is 0.984 bits per heavy atom. The molecular weight excluding hydrogens is 737 g/mol. The number of nitrogens with two attached hydrogens (primary N) is 1. The van der Waals surface area contributed by atoms with Crippen molar-refractivity contribution in [2.24, 2.45) is 5.73 Å². The van der Waals surface area contributed by atoms with Crippen LogP contribution >= 0.6 is 0 Å². The summed E-state index contributed by atoms with van der Waals surface area (Å²) >= 11 is 0. The van der Waals surface area contributed by atoms with Crippen molar-refractivity contribution < 1.29 is 0 Å². The summed E-state index contributed by atoms with van der Waals surface area (Å²) in [6.45, 7) is 0. The number of fused-ring (bicyclic) bond motifs is 10. The van der Waals surface area contributed by atoms with Gasteiger partial charge >= 0.3 is 0 Å². The maximum atomic E-state index is 6.80. The summed E-state index contributed by atoms with van der Waals surface area (Å²) in [5.74, 6) is 0. The molecule has 0 aliphatic heterocycles. The third-order valence-corrected chi connectivity index (χ3v) is 12.2. The fraction of sp³-hybridized carbons (Fsp3) is 0.0169. The summed E-state index contributed by atoms with van der Waals surface area (Å²) < 4.78 is 2.46. The summed E-state index contributed by atoms with van der Waals surface area (Å²) in [7, 11) is 0. The summed E-state index contributed by atoms with van der Waals surface area (Å²) in [6.07, 6.45) is 5.18. The van der Waals surface area contributed by atoms with Gasteiger partial charge in [0.15, 0.2) is 0 Å².